The van der Waals surface area contributed by atoms with Gasteiger partial charge >= 0.3 is 0 Å². The first-order chi connectivity index (χ1) is 9.08. The number of halogens is 1. The summed E-state index contributed by atoms with van der Waals surface area (Å²) in [5.74, 6) is -0.0431. The van der Waals surface area contributed by atoms with Crippen molar-refractivity contribution in [3.05, 3.63) is 46.7 Å². The van der Waals surface area contributed by atoms with Crippen LogP contribution in [0.15, 0.2) is 45.5 Å². The molecule has 0 saturated heterocycles. The fourth-order valence-corrected chi connectivity index (χ4v) is 2.54. The second-order valence-corrected chi connectivity index (χ2v) is 5.20. The van der Waals surface area contributed by atoms with Crippen molar-refractivity contribution in [1.29, 1.82) is 0 Å². The molecule has 3 N–H and O–H groups in total. The number of nitrogens with two attached hydrogens (primary N) is 1. The van der Waals surface area contributed by atoms with E-state index in [4.69, 9.17) is 22.5 Å². The zero-order chi connectivity index (χ0) is 13.8. The highest BCUT2D eigenvalue weighted by molar-refractivity contribution is 7.99. The molecule has 0 aliphatic rings. The molecule has 2 rings (SSSR count). The highest BCUT2D eigenvalue weighted by atomic mass is 35.5. The van der Waals surface area contributed by atoms with Gasteiger partial charge in [-0.05, 0) is 43.0 Å². The molecule has 2 aromatic rings. The molecule has 0 bridgehead atoms. The number of nitrogens with zero attached hydrogens (tertiary/aromatic N) is 3. The molecule has 5 nitrogen and oxygen atoms in total. The summed E-state index contributed by atoms with van der Waals surface area (Å²) in [5, 5.41) is 12.8. The van der Waals surface area contributed by atoms with Crippen molar-refractivity contribution in [2.45, 2.75) is 17.0 Å². The molecule has 0 atom stereocenters. The fourth-order valence-electron chi connectivity index (χ4n) is 1.41. The number of aryl methyl sites for hydroxylation is 1. The number of hydrogen-bond donors (Lipinski definition) is 2. The van der Waals surface area contributed by atoms with Crippen LogP contribution in [0.2, 0.25) is 5.02 Å². The first-order valence-corrected chi connectivity index (χ1v) is 6.55. The third kappa shape index (κ3) is 3.59. The van der Waals surface area contributed by atoms with Gasteiger partial charge in [-0.25, -0.2) is 9.97 Å². The van der Waals surface area contributed by atoms with E-state index in [0.29, 0.717) is 15.9 Å². The van der Waals surface area contributed by atoms with Crippen molar-refractivity contribution < 1.29 is 5.21 Å². The molecule has 1 heterocycles. The summed E-state index contributed by atoms with van der Waals surface area (Å²) in [7, 11) is 0. The highest BCUT2D eigenvalue weighted by Crippen LogP contribution is 2.27. The SMILES string of the molecule is Cc1cc(/C(N)=N/O)nc(Sc2cccc(Cl)c2)n1. The number of rotatable bonds is 3. The van der Waals surface area contributed by atoms with E-state index < -0.39 is 0 Å². The minimum Gasteiger partial charge on any atom is -0.409 e. The number of aromatic nitrogens is 2. The number of amidine groups is 1. The number of benzene rings is 1. The standard InChI is InChI=1S/C12H11ClN4OS/c1-7-5-10(11(14)17-18)16-12(15-7)19-9-4-2-3-8(13)6-9/h2-6,18H,1H3,(H2,14,17). The van der Waals surface area contributed by atoms with E-state index in [0.717, 1.165) is 10.6 Å². The Labute approximate surface area is 119 Å². The maximum Gasteiger partial charge on any atom is 0.193 e. The molecule has 7 heteroatoms. The third-order valence-electron chi connectivity index (χ3n) is 2.21. The summed E-state index contributed by atoms with van der Waals surface area (Å²) in [4.78, 5) is 9.43. The van der Waals surface area contributed by atoms with Crippen molar-refractivity contribution in [2.75, 3.05) is 0 Å². The minimum absolute atomic E-state index is 0.0431. The topological polar surface area (TPSA) is 84.4 Å². The second kappa shape index (κ2) is 5.90. The number of oxime groups is 1. The monoisotopic (exact) mass is 294 g/mol. The van der Waals surface area contributed by atoms with E-state index in [2.05, 4.69) is 15.1 Å². The van der Waals surface area contributed by atoms with Gasteiger partial charge in [0.25, 0.3) is 0 Å². The van der Waals surface area contributed by atoms with Crippen LogP contribution in [0.4, 0.5) is 0 Å². The zero-order valence-electron chi connectivity index (χ0n) is 10.0. The lowest BCUT2D eigenvalue weighted by Gasteiger charge is -2.04. The van der Waals surface area contributed by atoms with Crippen LogP contribution in [0.1, 0.15) is 11.4 Å². The second-order valence-electron chi connectivity index (χ2n) is 3.72. The summed E-state index contributed by atoms with van der Waals surface area (Å²) in [6, 6.07) is 9.03. The Hall–Kier alpha value is -1.79. The molecule has 0 aliphatic heterocycles. The van der Waals surface area contributed by atoms with Crippen LogP contribution in [0.25, 0.3) is 0 Å². The molecule has 0 unspecified atom stereocenters. The Bertz CT molecular complexity index is 633. The molecule has 0 radical (unpaired) electrons. The molecule has 19 heavy (non-hydrogen) atoms. The predicted octanol–water partition coefficient (Wildman–Crippen LogP) is 2.68. The largest absolute Gasteiger partial charge is 0.409 e. The first-order valence-electron chi connectivity index (χ1n) is 5.35. The summed E-state index contributed by atoms with van der Waals surface area (Å²) < 4.78 is 0. The summed E-state index contributed by atoms with van der Waals surface area (Å²) >= 11 is 7.28. The van der Waals surface area contributed by atoms with Crippen LogP contribution in [0, 0.1) is 6.92 Å². The van der Waals surface area contributed by atoms with Gasteiger partial charge < -0.3 is 10.9 Å². The van der Waals surface area contributed by atoms with Crippen molar-refractivity contribution in [2.24, 2.45) is 10.9 Å². The Morgan fingerprint density at radius 1 is 1.37 bits per heavy atom. The number of hydrogen-bond acceptors (Lipinski definition) is 5. The molecule has 0 aliphatic carbocycles. The Balaban J connectivity index is 2.33. The zero-order valence-corrected chi connectivity index (χ0v) is 11.6. The van der Waals surface area contributed by atoms with E-state index in [1.165, 1.54) is 11.8 Å². The minimum atomic E-state index is -0.0431. The van der Waals surface area contributed by atoms with E-state index in [1.54, 1.807) is 12.1 Å². The van der Waals surface area contributed by atoms with Gasteiger partial charge in [-0.15, -0.1) is 0 Å². The molecular weight excluding hydrogens is 284 g/mol. The van der Waals surface area contributed by atoms with E-state index in [-0.39, 0.29) is 5.84 Å². The maximum atomic E-state index is 8.67. The van der Waals surface area contributed by atoms with Gasteiger partial charge in [0.15, 0.2) is 11.0 Å². The van der Waals surface area contributed by atoms with Crippen molar-refractivity contribution in [3.8, 4) is 0 Å². The van der Waals surface area contributed by atoms with Crippen LogP contribution in [0.3, 0.4) is 0 Å². The summed E-state index contributed by atoms with van der Waals surface area (Å²) in [6.45, 7) is 1.82. The molecule has 1 aromatic carbocycles. The molecular formula is C12H11ClN4OS. The van der Waals surface area contributed by atoms with Crippen LogP contribution in [-0.4, -0.2) is 21.0 Å². The lowest BCUT2D eigenvalue weighted by molar-refractivity contribution is 0.318. The Kier molecular flexibility index (Phi) is 4.24. The van der Waals surface area contributed by atoms with E-state index >= 15 is 0 Å². The predicted molar refractivity (Wildman–Crippen MR) is 74.9 cm³/mol. The van der Waals surface area contributed by atoms with Gasteiger partial charge in [0.05, 0.1) is 0 Å². The normalized spacial score (nSPS) is 11.6. The van der Waals surface area contributed by atoms with Crippen molar-refractivity contribution in [1.82, 2.24) is 9.97 Å². The molecule has 0 spiro atoms. The molecule has 1 aromatic heterocycles. The highest BCUT2D eigenvalue weighted by Gasteiger charge is 2.08. The lowest BCUT2D eigenvalue weighted by atomic mass is 10.3. The summed E-state index contributed by atoms with van der Waals surface area (Å²) in [5.41, 5.74) is 6.65. The smallest absolute Gasteiger partial charge is 0.193 e. The van der Waals surface area contributed by atoms with Gasteiger partial charge in [-0.1, -0.05) is 22.8 Å². The fraction of sp³-hybridized carbons (Fsp3) is 0.0833. The van der Waals surface area contributed by atoms with E-state index in [9.17, 15) is 0 Å². The lowest BCUT2D eigenvalue weighted by Crippen LogP contribution is -2.16. The van der Waals surface area contributed by atoms with Crippen LogP contribution in [0.5, 0.6) is 0 Å². The Morgan fingerprint density at radius 2 is 2.16 bits per heavy atom. The molecule has 0 saturated carbocycles. The molecule has 0 fully saturated rings. The van der Waals surface area contributed by atoms with Gasteiger partial charge in [0.2, 0.25) is 0 Å². The molecule has 0 amide bonds. The van der Waals surface area contributed by atoms with Gasteiger partial charge in [-0.3, -0.25) is 0 Å². The molecule has 98 valence electrons. The van der Waals surface area contributed by atoms with Gasteiger partial charge in [0.1, 0.15) is 5.69 Å². The Morgan fingerprint density at radius 3 is 2.84 bits per heavy atom. The maximum absolute atomic E-state index is 8.67. The van der Waals surface area contributed by atoms with Crippen LogP contribution >= 0.6 is 23.4 Å². The average molecular weight is 295 g/mol. The van der Waals surface area contributed by atoms with Gasteiger partial charge in [-0.2, -0.15) is 0 Å². The van der Waals surface area contributed by atoms with Crippen molar-refractivity contribution in [3.63, 3.8) is 0 Å². The average Bonchev–Trinajstić information content (AvgIpc) is 2.37. The van der Waals surface area contributed by atoms with E-state index in [1.807, 2.05) is 25.1 Å². The van der Waals surface area contributed by atoms with Crippen LogP contribution < -0.4 is 5.73 Å². The van der Waals surface area contributed by atoms with Crippen molar-refractivity contribution >= 4 is 29.2 Å². The summed E-state index contributed by atoms with van der Waals surface area (Å²) in [6.07, 6.45) is 0. The quantitative estimate of drug-likeness (QED) is 0.299. The third-order valence-corrected chi connectivity index (χ3v) is 3.30. The van der Waals surface area contributed by atoms with Gasteiger partial charge in [0, 0.05) is 15.6 Å². The first kappa shape index (κ1) is 13.6. The van der Waals surface area contributed by atoms with Crippen LogP contribution in [-0.2, 0) is 0 Å².